The average molecular weight is 217 g/mol. The van der Waals surface area contributed by atoms with Crippen LogP contribution in [0.5, 0.6) is 0 Å². The smallest absolute Gasteiger partial charge is 0.0670 e. The summed E-state index contributed by atoms with van der Waals surface area (Å²) in [4.78, 5) is 0. The Kier molecular flexibility index (Phi) is 4.65. The SMILES string of the molecule is CC(C)CCNc1ccc(N)c(CC#N)c1. The van der Waals surface area contributed by atoms with E-state index in [0.717, 1.165) is 24.2 Å². The first-order valence-electron chi connectivity index (χ1n) is 5.62. The molecule has 0 bridgehead atoms. The van der Waals surface area contributed by atoms with Gasteiger partial charge in [0.2, 0.25) is 0 Å². The van der Waals surface area contributed by atoms with Crippen molar-refractivity contribution in [3.05, 3.63) is 23.8 Å². The largest absolute Gasteiger partial charge is 0.398 e. The van der Waals surface area contributed by atoms with Crippen LogP contribution in [0.3, 0.4) is 0 Å². The highest BCUT2D eigenvalue weighted by atomic mass is 14.9. The molecule has 0 unspecified atom stereocenters. The molecule has 0 aliphatic heterocycles. The topological polar surface area (TPSA) is 61.8 Å². The van der Waals surface area contributed by atoms with Gasteiger partial charge in [-0.05, 0) is 36.1 Å². The van der Waals surface area contributed by atoms with Gasteiger partial charge in [0, 0.05) is 17.9 Å². The van der Waals surface area contributed by atoms with Crippen molar-refractivity contribution in [2.45, 2.75) is 26.7 Å². The Bertz CT molecular complexity index is 377. The van der Waals surface area contributed by atoms with Gasteiger partial charge in [0.25, 0.3) is 0 Å². The third kappa shape index (κ3) is 3.82. The van der Waals surface area contributed by atoms with Crippen LogP contribution in [0.25, 0.3) is 0 Å². The predicted molar refractivity (Wildman–Crippen MR) is 68.1 cm³/mol. The third-order valence-electron chi connectivity index (χ3n) is 2.46. The fraction of sp³-hybridized carbons (Fsp3) is 0.462. The van der Waals surface area contributed by atoms with Crippen molar-refractivity contribution in [1.82, 2.24) is 0 Å². The summed E-state index contributed by atoms with van der Waals surface area (Å²) >= 11 is 0. The lowest BCUT2D eigenvalue weighted by Gasteiger charge is -2.10. The van der Waals surface area contributed by atoms with Gasteiger partial charge in [-0.15, -0.1) is 0 Å². The molecule has 0 heterocycles. The van der Waals surface area contributed by atoms with Crippen molar-refractivity contribution in [3.8, 4) is 6.07 Å². The molecule has 0 aromatic heterocycles. The summed E-state index contributed by atoms with van der Waals surface area (Å²) in [7, 11) is 0. The normalized spacial score (nSPS) is 10.1. The van der Waals surface area contributed by atoms with E-state index < -0.39 is 0 Å². The summed E-state index contributed by atoms with van der Waals surface area (Å²) in [6, 6.07) is 7.88. The molecule has 0 aliphatic rings. The number of rotatable bonds is 5. The summed E-state index contributed by atoms with van der Waals surface area (Å²) in [5.41, 5.74) is 8.41. The number of nitriles is 1. The Labute approximate surface area is 97.3 Å². The first-order valence-corrected chi connectivity index (χ1v) is 5.62. The molecule has 1 aromatic carbocycles. The molecule has 1 rings (SSSR count). The zero-order valence-electron chi connectivity index (χ0n) is 9.96. The second kappa shape index (κ2) is 6.02. The zero-order chi connectivity index (χ0) is 12.0. The van der Waals surface area contributed by atoms with Crippen molar-refractivity contribution in [1.29, 1.82) is 5.26 Å². The second-order valence-electron chi connectivity index (χ2n) is 4.36. The van der Waals surface area contributed by atoms with Crippen molar-refractivity contribution in [2.75, 3.05) is 17.6 Å². The Balaban J connectivity index is 2.61. The Morgan fingerprint density at radius 1 is 1.44 bits per heavy atom. The van der Waals surface area contributed by atoms with E-state index in [1.54, 1.807) is 0 Å². The highest BCUT2D eigenvalue weighted by molar-refractivity contribution is 5.57. The summed E-state index contributed by atoms with van der Waals surface area (Å²) in [5.74, 6) is 0.694. The van der Waals surface area contributed by atoms with Crippen molar-refractivity contribution < 1.29 is 0 Å². The molecule has 0 aliphatic carbocycles. The molecular weight excluding hydrogens is 198 g/mol. The number of anilines is 2. The van der Waals surface area contributed by atoms with Gasteiger partial charge in [-0.2, -0.15) is 5.26 Å². The number of hydrogen-bond acceptors (Lipinski definition) is 3. The number of nitrogens with one attached hydrogen (secondary N) is 1. The summed E-state index contributed by atoms with van der Waals surface area (Å²) in [5, 5.41) is 12.0. The number of nitrogens with zero attached hydrogens (tertiary/aromatic N) is 1. The number of nitrogens with two attached hydrogens (primary N) is 1. The highest BCUT2D eigenvalue weighted by Gasteiger charge is 2.01. The first kappa shape index (κ1) is 12.4. The maximum absolute atomic E-state index is 8.66. The maximum atomic E-state index is 8.66. The Morgan fingerprint density at radius 2 is 2.19 bits per heavy atom. The van der Waals surface area contributed by atoms with E-state index >= 15 is 0 Å². The molecule has 0 amide bonds. The van der Waals surface area contributed by atoms with Gasteiger partial charge in [0.05, 0.1) is 12.5 Å². The van der Waals surface area contributed by atoms with Gasteiger partial charge in [-0.1, -0.05) is 13.8 Å². The van der Waals surface area contributed by atoms with E-state index in [1.165, 1.54) is 0 Å². The molecule has 0 fully saturated rings. The predicted octanol–water partition coefficient (Wildman–Crippen LogP) is 2.79. The van der Waals surface area contributed by atoms with Gasteiger partial charge >= 0.3 is 0 Å². The van der Waals surface area contributed by atoms with Gasteiger partial charge in [0.15, 0.2) is 0 Å². The minimum Gasteiger partial charge on any atom is -0.398 e. The third-order valence-corrected chi connectivity index (χ3v) is 2.46. The van der Waals surface area contributed by atoms with Crippen LogP contribution in [-0.2, 0) is 6.42 Å². The lowest BCUT2D eigenvalue weighted by atomic mass is 10.1. The summed E-state index contributed by atoms with van der Waals surface area (Å²) < 4.78 is 0. The van der Waals surface area contributed by atoms with Crippen LogP contribution in [0, 0.1) is 17.2 Å². The fourth-order valence-electron chi connectivity index (χ4n) is 1.46. The van der Waals surface area contributed by atoms with Crippen LogP contribution in [0.15, 0.2) is 18.2 Å². The van der Waals surface area contributed by atoms with Crippen molar-refractivity contribution in [3.63, 3.8) is 0 Å². The lowest BCUT2D eigenvalue weighted by molar-refractivity contribution is 0.607. The van der Waals surface area contributed by atoms with E-state index in [0.29, 0.717) is 18.0 Å². The molecule has 0 saturated carbocycles. The summed E-state index contributed by atoms with van der Waals surface area (Å²) in [6.07, 6.45) is 1.50. The van der Waals surface area contributed by atoms with Crippen LogP contribution in [0.2, 0.25) is 0 Å². The molecule has 0 saturated heterocycles. The van der Waals surface area contributed by atoms with E-state index in [4.69, 9.17) is 11.0 Å². The standard InChI is InChI=1S/C13H19N3/c1-10(2)6-8-16-12-3-4-13(15)11(9-12)5-7-14/h3-4,9-10,16H,5-6,8,15H2,1-2H3. The molecule has 3 heteroatoms. The fourth-order valence-corrected chi connectivity index (χ4v) is 1.46. The second-order valence-corrected chi connectivity index (χ2v) is 4.36. The molecule has 1 aromatic rings. The minimum absolute atomic E-state index is 0.367. The monoisotopic (exact) mass is 217 g/mol. The van der Waals surface area contributed by atoms with Crippen molar-refractivity contribution >= 4 is 11.4 Å². The van der Waals surface area contributed by atoms with Crippen LogP contribution >= 0.6 is 0 Å². The van der Waals surface area contributed by atoms with Gasteiger partial charge in [-0.25, -0.2) is 0 Å². The van der Waals surface area contributed by atoms with Crippen LogP contribution in [0.4, 0.5) is 11.4 Å². The Hall–Kier alpha value is -1.69. The maximum Gasteiger partial charge on any atom is 0.0670 e. The molecule has 0 radical (unpaired) electrons. The van der Waals surface area contributed by atoms with E-state index in [9.17, 15) is 0 Å². The van der Waals surface area contributed by atoms with E-state index in [2.05, 4.69) is 25.2 Å². The molecular formula is C13H19N3. The van der Waals surface area contributed by atoms with Crippen LogP contribution in [-0.4, -0.2) is 6.54 Å². The first-order chi connectivity index (χ1) is 7.63. The number of hydrogen-bond donors (Lipinski definition) is 2. The molecule has 16 heavy (non-hydrogen) atoms. The minimum atomic E-state index is 0.367. The lowest BCUT2D eigenvalue weighted by Crippen LogP contribution is -2.05. The average Bonchev–Trinajstić information content (AvgIpc) is 2.22. The van der Waals surface area contributed by atoms with Crippen molar-refractivity contribution in [2.24, 2.45) is 5.92 Å². The highest BCUT2D eigenvalue weighted by Crippen LogP contribution is 2.18. The Morgan fingerprint density at radius 3 is 2.81 bits per heavy atom. The molecule has 0 spiro atoms. The molecule has 3 N–H and O–H groups in total. The summed E-state index contributed by atoms with van der Waals surface area (Å²) in [6.45, 7) is 5.35. The molecule has 3 nitrogen and oxygen atoms in total. The van der Waals surface area contributed by atoms with Crippen LogP contribution in [0.1, 0.15) is 25.8 Å². The van der Waals surface area contributed by atoms with E-state index in [-0.39, 0.29) is 0 Å². The van der Waals surface area contributed by atoms with Gasteiger partial charge < -0.3 is 11.1 Å². The molecule has 86 valence electrons. The quantitative estimate of drug-likeness (QED) is 0.745. The molecule has 0 atom stereocenters. The van der Waals surface area contributed by atoms with Crippen LogP contribution < -0.4 is 11.1 Å². The van der Waals surface area contributed by atoms with Gasteiger partial charge in [-0.3, -0.25) is 0 Å². The zero-order valence-corrected chi connectivity index (χ0v) is 9.96. The van der Waals surface area contributed by atoms with E-state index in [1.807, 2.05) is 18.2 Å². The van der Waals surface area contributed by atoms with Gasteiger partial charge in [0.1, 0.15) is 0 Å². The number of nitrogen functional groups attached to an aromatic ring is 1. The number of benzene rings is 1.